The van der Waals surface area contributed by atoms with E-state index in [-0.39, 0.29) is 0 Å². The molecule has 0 saturated carbocycles. The van der Waals surface area contributed by atoms with Gasteiger partial charge in [-0.1, -0.05) is 44.6 Å². The molecule has 1 radical (unpaired) electrons. The molecule has 0 bridgehead atoms. The molecule has 0 spiro atoms. The normalized spacial score (nSPS) is 10.3. The van der Waals surface area contributed by atoms with Crippen molar-refractivity contribution in [1.29, 1.82) is 0 Å². The fourth-order valence-electron chi connectivity index (χ4n) is 0.687. The first-order valence-corrected chi connectivity index (χ1v) is 3.62. The van der Waals surface area contributed by atoms with Crippen LogP contribution in [0.2, 0.25) is 0 Å². The van der Waals surface area contributed by atoms with Gasteiger partial charge in [0.25, 0.3) is 0 Å². The van der Waals surface area contributed by atoms with Gasteiger partial charge in [-0.2, -0.15) is 0 Å². The average Bonchev–Trinajstić information content (AvgIpc) is 1.89. The van der Waals surface area contributed by atoms with Gasteiger partial charge in [-0.15, -0.1) is 0 Å². The molecule has 0 aliphatic heterocycles. The lowest BCUT2D eigenvalue weighted by Crippen LogP contribution is -1.69. The summed E-state index contributed by atoms with van der Waals surface area (Å²) in [5, 5.41) is 0. The minimum Gasteiger partial charge on any atom is -0.0845 e. The van der Waals surface area contributed by atoms with Crippen LogP contribution in [0.3, 0.4) is 0 Å². The minimum absolute atomic E-state index is 1.17. The van der Waals surface area contributed by atoms with Crippen molar-refractivity contribution in [1.82, 2.24) is 0 Å². The largest absolute Gasteiger partial charge is 0.0845 e. The highest BCUT2D eigenvalue weighted by atomic mass is 13.8. The Balaban J connectivity index is 2.90. The van der Waals surface area contributed by atoms with Crippen molar-refractivity contribution >= 4 is 0 Å². The highest BCUT2D eigenvalue weighted by Gasteiger charge is 1.78. The highest BCUT2D eigenvalue weighted by molar-refractivity contribution is 4.95. The SMILES string of the molecule is [CH]=C/C=C\CCCCC. The van der Waals surface area contributed by atoms with E-state index in [2.05, 4.69) is 13.0 Å². The summed E-state index contributed by atoms with van der Waals surface area (Å²) in [5.74, 6) is 0. The molecule has 0 aliphatic carbocycles. The first-order chi connectivity index (χ1) is 4.41. The van der Waals surface area contributed by atoms with E-state index < -0.39 is 0 Å². The van der Waals surface area contributed by atoms with E-state index in [1.165, 1.54) is 25.7 Å². The van der Waals surface area contributed by atoms with Gasteiger partial charge in [0.1, 0.15) is 0 Å². The zero-order chi connectivity index (χ0) is 6.95. The van der Waals surface area contributed by atoms with Crippen molar-refractivity contribution in [2.45, 2.75) is 32.6 Å². The van der Waals surface area contributed by atoms with Crippen molar-refractivity contribution in [3.63, 3.8) is 0 Å². The summed E-state index contributed by atoms with van der Waals surface area (Å²) in [6.07, 6.45) is 10.7. The monoisotopic (exact) mass is 123 g/mol. The molecule has 0 unspecified atom stereocenters. The Morgan fingerprint density at radius 2 is 2.11 bits per heavy atom. The van der Waals surface area contributed by atoms with Crippen LogP contribution in [0.25, 0.3) is 0 Å². The third-order valence-electron chi connectivity index (χ3n) is 1.22. The van der Waals surface area contributed by atoms with Crippen LogP contribution in [0.4, 0.5) is 0 Å². The maximum absolute atomic E-state index is 5.13. The van der Waals surface area contributed by atoms with Gasteiger partial charge < -0.3 is 0 Å². The summed E-state index contributed by atoms with van der Waals surface area (Å²) < 4.78 is 0. The van der Waals surface area contributed by atoms with Crippen molar-refractivity contribution in [3.05, 3.63) is 24.8 Å². The number of hydrogen-bond donors (Lipinski definition) is 0. The summed E-state index contributed by atoms with van der Waals surface area (Å²) in [6.45, 7) is 7.34. The molecule has 0 fully saturated rings. The quantitative estimate of drug-likeness (QED) is 0.389. The second kappa shape index (κ2) is 7.48. The van der Waals surface area contributed by atoms with E-state index in [1.807, 2.05) is 6.08 Å². The molecule has 0 nitrogen and oxygen atoms in total. The molecule has 9 heavy (non-hydrogen) atoms. The number of hydrogen-bond acceptors (Lipinski definition) is 0. The maximum atomic E-state index is 5.13. The van der Waals surface area contributed by atoms with Crippen LogP contribution >= 0.6 is 0 Å². The number of allylic oxidation sites excluding steroid dienone is 3. The third-order valence-corrected chi connectivity index (χ3v) is 1.22. The molecule has 0 saturated heterocycles. The summed E-state index contributed by atoms with van der Waals surface area (Å²) in [6, 6.07) is 0. The van der Waals surface area contributed by atoms with Crippen molar-refractivity contribution < 1.29 is 0 Å². The Morgan fingerprint density at radius 1 is 1.33 bits per heavy atom. The minimum atomic E-state index is 1.17. The molecule has 0 atom stereocenters. The molecular weight excluding hydrogens is 108 g/mol. The first-order valence-electron chi connectivity index (χ1n) is 3.62. The molecular formula is C9H15. The summed E-state index contributed by atoms with van der Waals surface area (Å²) in [7, 11) is 0. The zero-order valence-corrected chi connectivity index (χ0v) is 6.14. The Kier molecular flexibility index (Phi) is 7.05. The highest BCUT2D eigenvalue weighted by Crippen LogP contribution is 1.98. The van der Waals surface area contributed by atoms with Gasteiger partial charge in [-0.05, 0) is 12.8 Å². The fourth-order valence-corrected chi connectivity index (χ4v) is 0.687. The first kappa shape index (κ1) is 8.48. The Hall–Kier alpha value is -0.520. The van der Waals surface area contributed by atoms with E-state index in [0.29, 0.717) is 0 Å². The number of rotatable bonds is 5. The smallest absolute Gasteiger partial charge is 0.0348 e. The average molecular weight is 123 g/mol. The van der Waals surface area contributed by atoms with Crippen LogP contribution in [0.5, 0.6) is 0 Å². The predicted molar refractivity (Wildman–Crippen MR) is 42.2 cm³/mol. The van der Waals surface area contributed by atoms with Crippen LogP contribution in [-0.2, 0) is 0 Å². The van der Waals surface area contributed by atoms with Crippen LogP contribution in [0.15, 0.2) is 18.2 Å². The summed E-state index contributed by atoms with van der Waals surface area (Å²) in [4.78, 5) is 0. The lowest BCUT2D eigenvalue weighted by atomic mass is 10.2. The second-order valence-corrected chi connectivity index (χ2v) is 2.12. The van der Waals surface area contributed by atoms with Crippen LogP contribution in [0, 0.1) is 6.58 Å². The van der Waals surface area contributed by atoms with Gasteiger partial charge in [0.15, 0.2) is 0 Å². The molecule has 51 valence electrons. The Bertz CT molecular complexity index is 80.0. The van der Waals surface area contributed by atoms with E-state index in [4.69, 9.17) is 6.58 Å². The Morgan fingerprint density at radius 3 is 2.67 bits per heavy atom. The van der Waals surface area contributed by atoms with E-state index in [9.17, 15) is 0 Å². The molecule has 0 amide bonds. The Labute approximate surface area is 58.3 Å². The molecule has 0 aliphatic rings. The van der Waals surface area contributed by atoms with Crippen LogP contribution in [-0.4, -0.2) is 0 Å². The molecule has 0 N–H and O–H groups in total. The lowest BCUT2D eigenvalue weighted by molar-refractivity contribution is 0.729. The van der Waals surface area contributed by atoms with Gasteiger partial charge in [0.2, 0.25) is 0 Å². The fraction of sp³-hybridized carbons (Fsp3) is 0.556. The van der Waals surface area contributed by atoms with Gasteiger partial charge in [-0.3, -0.25) is 0 Å². The lowest BCUT2D eigenvalue weighted by Gasteiger charge is -1.89. The maximum Gasteiger partial charge on any atom is -0.0348 e. The van der Waals surface area contributed by atoms with Gasteiger partial charge in [0, 0.05) is 0 Å². The third kappa shape index (κ3) is 7.48. The van der Waals surface area contributed by atoms with Crippen LogP contribution < -0.4 is 0 Å². The van der Waals surface area contributed by atoms with Gasteiger partial charge >= 0.3 is 0 Å². The summed E-state index contributed by atoms with van der Waals surface area (Å²) >= 11 is 0. The molecule has 0 aromatic carbocycles. The second-order valence-electron chi connectivity index (χ2n) is 2.12. The van der Waals surface area contributed by atoms with E-state index in [0.717, 1.165) is 0 Å². The van der Waals surface area contributed by atoms with Crippen LogP contribution in [0.1, 0.15) is 32.6 Å². The molecule has 0 rings (SSSR count). The zero-order valence-electron chi connectivity index (χ0n) is 6.14. The molecule has 0 aromatic heterocycles. The van der Waals surface area contributed by atoms with Crippen molar-refractivity contribution in [2.24, 2.45) is 0 Å². The topological polar surface area (TPSA) is 0 Å². The van der Waals surface area contributed by atoms with Gasteiger partial charge in [0.05, 0.1) is 0 Å². The molecule has 0 aromatic rings. The standard InChI is InChI=1S/C9H15/c1-3-5-7-9-8-6-4-2/h1,3,5,7H,4,6,8-9H2,2H3/b3-1?,7-5-. The summed E-state index contributed by atoms with van der Waals surface area (Å²) in [5.41, 5.74) is 0. The van der Waals surface area contributed by atoms with Crippen molar-refractivity contribution in [2.75, 3.05) is 0 Å². The van der Waals surface area contributed by atoms with Crippen molar-refractivity contribution in [3.8, 4) is 0 Å². The van der Waals surface area contributed by atoms with E-state index >= 15 is 0 Å². The van der Waals surface area contributed by atoms with E-state index in [1.54, 1.807) is 6.08 Å². The number of unbranched alkanes of at least 4 members (excludes halogenated alkanes) is 3. The predicted octanol–water partition coefficient (Wildman–Crippen LogP) is 3.11. The molecule has 0 heteroatoms. The van der Waals surface area contributed by atoms with Gasteiger partial charge in [-0.25, -0.2) is 0 Å². The molecule has 0 heterocycles.